The van der Waals surface area contributed by atoms with Crippen molar-refractivity contribution in [2.24, 2.45) is 0 Å². The number of anilines is 1. The molecule has 0 unspecified atom stereocenters. The Kier molecular flexibility index (Phi) is 5.04. The number of hydrogen-bond acceptors (Lipinski definition) is 4. The highest BCUT2D eigenvalue weighted by molar-refractivity contribution is 5.97. The van der Waals surface area contributed by atoms with Gasteiger partial charge < -0.3 is 10.1 Å². The Balaban J connectivity index is 1.74. The van der Waals surface area contributed by atoms with Crippen LogP contribution < -0.4 is 5.32 Å². The number of nitrogens with one attached hydrogen (secondary N) is 1. The third-order valence-electron chi connectivity index (χ3n) is 3.72. The molecule has 25 heavy (non-hydrogen) atoms. The van der Waals surface area contributed by atoms with Gasteiger partial charge in [0.1, 0.15) is 0 Å². The van der Waals surface area contributed by atoms with E-state index in [4.69, 9.17) is 4.74 Å². The minimum Gasteiger partial charge on any atom is -0.462 e. The third kappa shape index (κ3) is 4.01. The molecule has 0 atom stereocenters. The Bertz CT molecular complexity index is 916. The van der Waals surface area contributed by atoms with Crippen LogP contribution in [0.4, 0.5) is 5.69 Å². The van der Waals surface area contributed by atoms with Gasteiger partial charge in [-0.1, -0.05) is 30.3 Å². The molecule has 0 bridgehead atoms. The summed E-state index contributed by atoms with van der Waals surface area (Å²) in [5.41, 5.74) is 2.65. The number of pyridine rings is 1. The van der Waals surface area contributed by atoms with E-state index < -0.39 is 5.97 Å². The first-order valence-electron chi connectivity index (χ1n) is 8.07. The predicted molar refractivity (Wildman–Crippen MR) is 96.5 cm³/mol. The highest BCUT2D eigenvalue weighted by atomic mass is 16.5. The molecule has 1 aromatic heterocycles. The van der Waals surface area contributed by atoms with Crippen LogP contribution in [0.2, 0.25) is 0 Å². The molecule has 0 saturated heterocycles. The van der Waals surface area contributed by atoms with Crippen LogP contribution >= 0.6 is 0 Å². The lowest BCUT2D eigenvalue weighted by atomic mass is 10.1. The van der Waals surface area contributed by atoms with Crippen molar-refractivity contribution < 1.29 is 14.3 Å². The first-order valence-corrected chi connectivity index (χ1v) is 8.07. The second-order valence-electron chi connectivity index (χ2n) is 5.52. The van der Waals surface area contributed by atoms with Gasteiger partial charge in [-0.3, -0.25) is 9.78 Å². The van der Waals surface area contributed by atoms with Gasteiger partial charge in [-0.2, -0.15) is 0 Å². The fraction of sp³-hybridized carbons (Fsp3) is 0.150. The van der Waals surface area contributed by atoms with Crippen LogP contribution in [-0.4, -0.2) is 23.5 Å². The van der Waals surface area contributed by atoms with Gasteiger partial charge in [0, 0.05) is 17.3 Å². The Morgan fingerprint density at radius 1 is 1.08 bits per heavy atom. The third-order valence-corrected chi connectivity index (χ3v) is 3.72. The first-order chi connectivity index (χ1) is 12.2. The number of ether oxygens (including phenoxy) is 1. The van der Waals surface area contributed by atoms with Gasteiger partial charge in [0.2, 0.25) is 5.91 Å². The number of carbonyl (C=O) groups is 2. The van der Waals surface area contributed by atoms with Crippen molar-refractivity contribution in [1.29, 1.82) is 0 Å². The molecule has 1 N–H and O–H groups in total. The monoisotopic (exact) mass is 334 g/mol. The van der Waals surface area contributed by atoms with E-state index in [1.54, 1.807) is 37.4 Å². The minimum absolute atomic E-state index is 0.167. The Labute approximate surface area is 145 Å². The topological polar surface area (TPSA) is 68.3 Å². The minimum atomic E-state index is -0.406. The largest absolute Gasteiger partial charge is 0.462 e. The summed E-state index contributed by atoms with van der Waals surface area (Å²) >= 11 is 0. The van der Waals surface area contributed by atoms with Gasteiger partial charge in [-0.25, -0.2) is 4.79 Å². The van der Waals surface area contributed by atoms with Crippen LogP contribution in [0.1, 0.15) is 22.8 Å². The molecule has 0 spiro atoms. The van der Waals surface area contributed by atoms with Crippen LogP contribution in [0.3, 0.4) is 0 Å². The maximum Gasteiger partial charge on any atom is 0.338 e. The van der Waals surface area contributed by atoms with E-state index in [1.165, 1.54) is 0 Å². The molecule has 0 fully saturated rings. The smallest absolute Gasteiger partial charge is 0.338 e. The van der Waals surface area contributed by atoms with Gasteiger partial charge in [-0.15, -0.1) is 0 Å². The molecule has 0 saturated carbocycles. The lowest BCUT2D eigenvalue weighted by Gasteiger charge is -2.08. The quantitative estimate of drug-likeness (QED) is 0.724. The summed E-state index contributed by atoms with van der Waals surface area (Å²) in [6.45, 7) is 2.06. The Hall–Kier alpha value is -3.21. The van der Waals surface area contributed by atoms with Crippen molar-refractivity contribution in [3.63, 3.8) is 0 Å². The van der Waals surface area contributed by atoms with E-state index in [0.717, 1.165) is 16.5 Å². The molecule has 0 aliphatic rings. The fourth-order valence-electron chi connectivity index (χ4n) is 2.63. The van der Waals surface area contributed by atoms with E-state index in [2.05, 4.69) is 10.3 Å². The number of para-hydroxylation sites is 1. The molecule has 0 aliphatic carbocycles. The SMILES string of the molecule is CCOC(=O)c1cccc(NC(=O)Cc2cccc3cccnc23)c1. The molecule has 126 valence electrons. The molecule has 2 aromatic carbocycles. The average Bonchev–Trinajstić information content (AvgIpc) is 2.62. The normalized spacial score (nSPS) is 10.4. The van der Waals surface area contributed by atoms with Gasteiger partial charge in [0.05, 0.1) is 24.1 Å². The lowest BCUT2D eigenvalue weighted by Crippen LogP contribution is -2.15. The zero-order valence-electron chi connectivity index (χ0n) is 13.9. The summed E-state index contributed by atoms with van der Waals surface area (Å²) < 4.78 is 4.97. The number of nitrogens with zero attached hydrogens (tertiary/aromatic N) is 1. The summed E-state index contributed by atoms with van der Waals surface area (Å²) in [5, 5.41) is 3.82. The van der Waals surface area contributed by atoms with E-state index in [1.807, 2.05) is 30.3 Å². The van der Waals surface area contributed by atoms with Crippen molar-refractivity contribution in [1.82, 2.24) is 4.98 Å². The predicted octanol–water partition coefficient (Wildman–Crippen LogP) is 3.59. The zero-order valence-corrected chi connectivity index (χ0v) is 13.9. The van der Waals surface area contributed by atoms with Crippen LogP contribution in [0.15, 0.2) is 60.8 Å². The Morgan fingerprint density at radius 3 is 2.72 bits per heavy atom. The molecule has 3 rings (SSSR count). The number of fused-ring (bicyclic) bond motifs is 1. The molecular formula is C20H18N2O3. The standard InChI is InChI=1S/C20H18N2O3/c1-2-25-20(24)16-8-4-10-17(12-16)22-18(23)13-15-7-3-6-14-9-5-11-21-19(14)15/h3-12H,2,13H2,1H3,(H,22,23). The number of esters is 1. The molecule has 1 heterocycles. The molecule has 3 aromatic rings. The number of hydrogen-bond donors (Lipinski definition) is 1. The highest BCUT2D eigenvalue weighted by Crippen LogP contribution is 2.17. The van der Waals surface area contributed by atoms with Crippen LogP contribution in [0.5, 0.6) is 0 Å². The average molecular weight is 334 g/mol. The number of amides is 1. The first kappa shape index (κ1) is 16.6. The van der Waals surface area contributed by atoms with Gasteiger partial charge >= 0.3 is 5.97 Å². The molecule has 0 radical (unpaired) electrons. The fourth-order valence-corrected chi connectivity index (χ4v) is 2.63. The van der Waals surface area contributed by atoms with Gasteiger partial charge in [0.25, 0.3) is 0 Å². The summed E-state index contributed by atoms with van der Waals surface area (Å²) in [6, 6.07) is 16.3. The van der Waals surface area contributed by atoms with Gasteiger partial charge in [0.15, 0.2) is 0 Å². The van der Waals surface area contributed by atoms with Gasteiger partial charge in [-0.05, 0) is 36.8 Å². The van der Waals surface area contributed by atoms with Crippen LogP contribution in [-0.2, 0) is 16.0 Å². The Morgan fingerprint density at radius 2 is 1.88 bits per heavy atom. The second kappa shape index (κ2) is 7.57. The van der Waals surface area contributed by atoms with Crippen LogP contribution in [0.25, 0.3) is 10.9 Å². The molecule has 0 aliphatic heterocycles. The van der Waals surface area contributed by atoms with Crippen LogP contribution in [0, 0.1) is 0 Å². The number of carbonyl (C=O) groups excluding carboxylic acids is 2. The summed E-state index contributed by atoms with van der Waals surface area (Å²) in [6.07, 6.45) is 1.92. The lowest BCUT2D eigenvalue weighted by molar-refractivity contribution is -0.115. The van der Waals surface area contributed by atoms with E-state index in [9.17, 15) is 9.59 Å². The van der Waals surface area contributed by atoms with Crippen molar-refractivity contribution in [2.45, 2.75) is 13.3 Å². The summed E-state index contributed by atoms with van der Waals surface area (Å²) in [5.74, 6) is -0.573. The molecule has 1 amide bonds. The van der Waals surface area contributed by atoms with Crippen molar-refractivity contribution in [3.8, 4) is 0 Å². The summed E-state index contributed by atoms with van der Waals surface area (Å²) in [4.78, 5) is 28.5. The van der Waals surface area contributed by atoms with Crippen molar-refractivity contribution in [3.05, 3.63) is 71.9 Å². The van der Waals surface area contributed by atoms with E-state index in [-0.39, 0.29) is 12.3 Å². The van der Waals surface area contributed by atoms with Crippen molar-refractivity contribution in [2.75, 3.05) is 11.9 Å². The zero-order chi connectivity index (χ0) is 17.6. The number of rotatable bonds is 5. The number of aromatic nitrogens is 1. The number of benzene rings is 2. The maximum absolute atomic E-state index is 12.4. The van der Waals surface area contributed by atoms with E-state index >= 15 is 0 Å². The summed E-state index contributed by atoms with van der Waals surface area (Å²) in [7, 11) is 0. The molecular weight excluding hydrogens is 316 g/mol. The maximum atomic E-state index is 12.4. The molecule has 5 heteroatoms. The van der Waals surface area contributed by atoms with E-state index in [0.29, 0.717) is 17.9 Å². The second-order valence-corrected chi connectivity index (χ2v) is 5.52. The highest BCUT2D eigenvalue weighted by Gasteiger charge is 2.10. The van der Waals surface area contributed by atoms with Crippen molar-refractivity contribution >= 4 is 28.5 Å². The molecule has 5 nitrogen and oxygen atoms in total.